The number of hydrogen-bond donors (Lipinski definition) is 2. The van der Waals surface area contributed by atoms with Gasteiger partial charge in [0.25, 0.3) is 0 Å². The second-order valence-corrected chi connectivity index (χ2v) is 9.67. The fraction of sp³-hybridized carbons (Fsp3) is 0.167. The summed E-state index contributed by atoms with van der Waals surface area (Å²) in [7, 11) is -3.75. The van der Waals surface area contributed by atoms with Crippen molar-refractivity contribution in [2.45, 2.75) is 21.2 Å². The first-order chi connectivity index (χ1) is 13.9. The van der Waals surface area contributed by atoms with Gasteiger partial charge in [-0.2, -0.15) is 0 Å². The normalized spacial score (nSPS) is 11.2. The van der Waals surface area contributed by atoms with Gasteiger partial charge < -0.3 is 15.8 Å². The van der Waals surface area contributed by atoms with E-state index in [4.69, 9.17) is 10.5 Å². The topological polar surface area (TPSA) is 124 Å². The number of sulfone groups is 1. The third-order valence-corrected chi connectivity index (χ3v) is 7.62. The number of nitrogens with two attached hydrogens (primary N) is 1. The van der Waals surface area contributed by atoms with Gasteiger partial charge in [0, 0.05) is 5.69 Å². The number of thiophene rings is 1. The SMILES string of the molecule is CCOc1ccc(NC(=O)CSc2ncc(S(=O)(=O)c3cccs3)c(N)n2)cc1. The van der Waals surface area contributed by atoms with Gasteiger partial charge in [-0.3, -0.25) is 4.79 Å². The Morgan fingerprint density at radius 3 is 2.66 bits per heavy atom. The van der Waals surface area contributed by atoms with Crippen LogP contribution >= 0.6 is 23.1 Å². The zero-order valence-electron chi connectivity index (χ0n) is 15.4. The Kier molecular flexibility index (Phi) is 6.72. The molecule has 8 nitrogen and oxygen atoms in total. The van der Waals surface area contributed by atoms with Crippen molar-refractivity contribution in [2.75, 3.05) is 23.4 Å². The van der Waals surface area contributed by atoms with Gasteiger partial charge in [-0.1, -0.05) is 17.8 Å². The van der Waals surface area contributed by atoms with E-state index in [1.807, 2.05) is 6.92 Å². The van der Waals surface area contributed by atoms with Crippen LogP contribution in [0.2, 0.25) is 0 Å². The van der Waals surface area contributed by atoms with E-state index in [-0.39, 0.29) is 31.7 Å². The predicted octanol–water partition coefficient (Wildman–Crippen LogP) is 3.08. The maximum Gasteiger partial charge on any atom is 0.234 e. The standard InChI is InChI=1S/C18H18N4O4S3/c1-2-26-13-7-5-12(6-8-13)21-15(23)11-28-18-20-10-14(17(19)22-18)29(24,25)16-4-3-9-27-16/h3-10H,2,11H2,1H3,(H,21,23)(H2,19,20,22). The van der Waals surface area contributed by atoms with E-state index >= 15 is 0 Å². The van der Waals surface area contributed by atoms with E-state index in [1.54, 1.807) is 35.7 Å². The molecule has 29 heavy (non-hydrogen) atoms. The van der Waals surface area contributed by atoms with Crippen LogP contribution in [0.1, 0.15) is 6.92 Å². The van der Waals surface area contributed by atoms with Crippen molar-refractivity contribution >= 4 is 50.3 Å². The number of nitrogen functional groups attached to an aromatic ring is 1. The van der Waals surface area contributed by atoms with Gasteiger partial charge in [-0.15, -0.1) is 11.3 Å². The summed E-state index contributed by atoms with van der Waals surface area (Å²) in [5.41, 5.74) is 6.47. The lowest BCUT2D eigenvalue weighted by molar-refractivity contribution is -0.113. The number of rotatable bonds is 8. The highest BCUT2D eigenvalue weighted by Gasteiger charge is 2.23. The summed E-state index contributed by atoms with van der Waals surface area (Å²) >= 11 is 2.15. The maximum absolute atomic E-state index is 12.5. The van der Waals surface area contributed by atoms with Crippen molar-refractivity contribution in [3.05, 3.63) is 48.0 Å². The van der Waals surface area contributed by atoms with Crippen molar-refractivity contribution in [1.29, 1.82) is 0 Å². The number of carbonyl (C=O) groups excluding carboxylic acids is 1. The molecule has 3 aromatic rings. The monoisotopic (exact) mass is 450 g/mol. The molecule has 0 bridgehead atoms. The predicted molar refractivity (Wildman–Crippen MR) is 113 cm³/mol. The van der Waals surface area contributed by atoms with Gasteiger partial charge >= 0.3 is 0 Å². The number of benzene rings is 1. The Morgan fingerprint density at radius 2 is 2.03 bits per heavy atom. The van der Waals surface area contributed by atoms with E-state index < -0.39 is 9.84 Å². The van der Waals surface area contributed by atoms with Crippen LogP contribution in [0.4, 0.5) is 11.5 Å². The molecule has 0 saturated heterocycles. The van der Waals surface area contributed by atoms with Gasteiger partial charge in [0.1, 0.15) is 20.7 Å². The Bertz CT molecular complexity index is 1080. The van der Waals surface area contributed by atoms with Crippen LogP contribution in [-0.2, 0) is 14.6 Å². The van der Waals surface area contributed by atoms with Crippen LogP contribution in [0.25, 0.3) is 0 Å². The van der Waals surface area contributed by atoms with E-state index in [0.29, 0.717) is 12.3 Å². The average molecular weight is 451 g/mol. The number of aromatic nitrogens is 2. The summed E-state index contributed by atoms with van der Waals surface area (Å²) in [6.45, 7) is 2.46. The molecule has 0 unspecified atom stereocenters. The summed E-state index contributed by atoms with van der Waals surface area (Å²) in [6.07, 6.45) is 1.17. The van der Waals surface area contributed by atoms with Gasteiger partial charge in [0.2, 0.25) is 15.7 Å². The van der Waals surface area contributed by atoms with Gasteiger partial charge in [0.05, 0.1) is 18.6 Å². The van der Waals surface area contributed by atoms with Crippen molar-refractivity contribution in [1.82, 2.24) is 9.97 Å². The molecule has 0 aliphatic rings. The summed E-state index contributed by atoms with van der Waals surface area (Å²) in [5.74, 6) is 0.365. The van der Waals surface area contributed by atoms with Gasteiger partial charge in [-0.05, 0) is 42.6 Å². The zero-order chi connectivity index (χ0) is 20.9. The second kappa shape index (κ2) is 9.25. The van der Waals surface area contributed by atoms with Crippen LogP contribution < -0.4 is 15.8 Å². The third kappa shape index (κ3) is 5.25. The van der Waals surface area contributed by atoms with Crippen molar-refractivity contribution in [3.63, 3.8) is 0 Å². The van der Waals surface area contributed by atoms with Crippen molar-refractivity contribution in [3.8, 4) is 5.75 Å². The molecular weight excluding hydrogens is 432 g/mol. The fourth-order valence-electron chi connectivity index (χ4n) is 2.30. The summed E-state index contributed by atoms with van der Waals surface area (Å²) < 4.78 is 30.6. The lowest BCUT2D eigenvalue weighted by Gasteiger charge is -2.08. The van der Waals surface area contributed by atoms with Crippen molar-refractivity contribution < 1.29 is 17.9 Å². The molecule has 0 spiro atoms. The van der Waals surface area contributed by atoms with Crippen molar-refractivity contribution in [2.24, 2.45) is 0 Å². The first-order valence-corrected chi connectivity index (χ1v) is 11.8. The highest BCUT2D eigenvalue weighted by Crippen LogP contribution is 2.28. The third-order valence-electron chi connectivity index (χ3n) is 3.59. The Hall–Kier alpha value is -2.63. The first kappa shape index (κ1) is 21.1. The molecule has 2 heterocycles. The van der Waals surface area contributed by atoms with Crippen LogP contribution in [-0.4, -0.2) is 36.7 Å². The molecule has 152 valence electrons. The number of anilines is 2. The minimum atomic E-state index is -3.75. The number of thioether (sulfide) groups is 1. The number of amides is 1. The largest absolute Gasteiger partial charge is 0.494 e. The number of nitrogens with one attached hydrogen (secondary N) is 1. The van der Waals surface area contributed by atoms with E-state index in [2.05, 4.69) is 15.3 Å². The molecule has 0 fully saturated rings. The average Bonchev–Trinajstić information content (AvgIpc) is 3.24. The molecule has 1 aromatic carbocycles. The molecule has 11 heteroatoms. The smallest absolute Gasteiger partial charge is 0.234 e. The molecule has 0 radical (unpaired) electrons. The molecule has 3 rings (SSSR count). The lowest BCUT2D eigenvalue weighted by atomic mass is 10.3. The summed E-state index contributed by atoms with van der Waals surface area (Å²) in [6, 6.07) is 10.2. The molecule has 3 N–H and O–H groups in total. The summed E-state index contributed by atoms with van der Waals surface area (Å²) in [4.78, 5) is 20.0. The van der Waals surface area contributed by atoms with Crippen LogP contribution in [0.3, 0.4) is 0 Å². The van der Waals surface area contributed by atoms with Crippen LogP contribution in [0, 0.1) is 0 Å². The number of ether oxygens (including phenoxy) is 1. The minimum Gasteiger partial charge on any atom is -0.494 e. The highest BCUT2D eigenvalue weighted by molar-refractivity contribution is 7.99. The van der Waals surface area contributed by atoms with Gasteiger partial charge in [0.15, 0.2) is 5.16 Å². The molecule has 0 aliphatic carbocycles. The number of nitrogens with zero attached hydrogens (tertiary/aromatic N) is 2. The van der Waals surface area contributed by atoms with E-state index in [9.17, 15) is 13.2 Å². The summed E-state index contributed by atoms with van der Waals surface area (Å²) in [5, 5.41) is 4.63. The van der Waals surface area contributed by atoms with E-state index in [1.165, 1.54) is 12.3 Å². The Balaban J connectivity index is 1.61. The lowest BCUT2D eigenvalue weighted by Crippen LogP contribution is -2.14. The number of carbonyl (C=O) groups is 1. The highest BCUT2D eigenvalue weighted by atomic mass is 32.2. The molecular formula is C18H18N4O4S3. The van der Waals surface area contributed by atoms with Crippen LogP contribution in [0.15, 0.2) is 62.2 Å². The molecule has 1 amide bonds. The molecule has 2 aromatic heterocycles. The minimum absolute atomic E-state index is 0.0453. The Labute approximate surface area is 176 Å². The quantitative estimate of drug-likeness (QED) is 0.396. The van der Waals surface area contributed by atoms with Crippen LogP contribution in [0.5, 0.6) is 5.75 Å². The number of hydrogen-bond acceptors (Lipinski definition) is 9. The fourth-order valence-corrected chi connectivity index (χ4v) is 5.30. The first-order valence-electron chi connectivity index (χ1n) is 8.46. The zero-order valence-corrected chi connectivity index (χ0v) is 17.8. The maximum atomic E-state index is 12.5. The second-order valence-electron chi connectivity index (χ2n) is 5.63. The molecule has 0 atom stereocenters. The Morgan fingerprint density at radius 1 is 1.28 bits per heavy atom. The molecule has 0 saturated carbocycles. The molecule has 0 aliphatic heterocycles. The van der Waals surface area contributed by atoms with E-state index in [0.717, 1.165) is 28.8 Å². The van der Waals surface area contributed by atoms with Gasteiger partial charge in [-0.25, -0.2) is 18.4 Å².